The van der Waals surface area contributed by atoms with Gasteiger partial charge in [-0.2, -0.15) is 0 Å². The van der Waals surface area contributed by atoms with E-state index >= 15 is 0 Å². The SMILES string of the molecule is Cl.N[C@@H]1CCCC[C@H]1NS(=O)(=O)c1ccc(OC(F)(F)F)cc1. The van der Waals surface area contributed by atoms with Crippen LogP contribution in [0.5, 0.6) is 5.75 Å². The van der Waals surface area contributed by atoms with E-state index in [2.05, 4.69) is 9.46 Å². The first-order valence-electron chi connectivity index (χ1n) is 6.81. The second-order valence-electron chi connectivity index (χ2n) is 5.20. The standard InChI is InChI=1S/C13H17F3N2O3S.ClH/c14-13(15,16)21-9-5-7-10(8-6-9)22(19,20)18-12-4-2-1-3-11(12)17;/h5-8,11-12,18H,1-4,17H2;1H/t11-,12-;/m1./s1. The van der Waals surface area contributed by atoms with Crippen LogP contribution in [-0.2, 0) is 10.0 Å². The molecule has 23 heavy (non-hydrogen) atoms. The summed E-state index contributed by atoms with van der Waals surface area (Å²) >= 11 is 0. The van der Waals surface area contributed by atoms with Crippen molar-refractivity contribution >= 4 is 22.4 Å². The number of halogens is 4. The topological polar surface area (TPSA) is 81.4 Å². The molecule has 0 aromatic heterocycles. The molecular formula is C13H18ClF3N2O3S. The predicted molar refractivity (Wildman–Crippen MR) is 80.9 cm³/mol. The third-order valence-electron chi connectivity index (χ3n) is 3.49. The number of sulfonamides is 1. The number of hydrogen-bond acceptors (Lipinski definition) is 4. The maximum Gasteiger partial charge on any atom is 0.573 e. The molecule has 1 aliphatic rings. The summed E-state index contributed by atoms with van der Waals surface area (Å²) in [5.74, 6) is -0.471. The molecule has 2 atom stereocenters. The quantitative estimate of drug-likeness (QED) is 0.848. The van der Waals surface area contributed by atoms with Crippen LogP contribution in [0.1, 0.15) is 25.7 Å². The summed E-state index contributed by atoms with van der Waals surface area (Å²) in [5.41, 5.74) is 5.89. The third-order valence-corrected chi connectivity index (χ3v) is 5.00. The number of rotatable bonds is 4. The van der Waals surface area contributed by atoms with Crippen LogP contribution in [0.2, 0.25) is 0 Å². The highest BCUT2D eigenvalue weighted by atomic mass is 35.5. The van der Waals surface area contributed by atoms with E-state index in [0.29, 0.717) is 6.42 Å². The molecule has 0 radical (unpaired) electrons. The van der Waals surface area contributed by atoms with Crippen LogP contribution >= 0.6 is 12.4 Å². The van der Waals surface area contributed by atoms with Gasteiger partial charge in [-0.1, -0.05) is 12.8 Å². The summed E-state index contributed by atoms with van der Waals surface area (Å²) in [5, 5.41) is 0. The highest BCUT2D eigenvalue weighted by molar-refractivity contribution is 7.89. The smallest absolute Gasteiger partial charge is 0.406 e. The van der Waals surface area contributed by atoms with Crippen molar-refractivity contribution in [1.29, 1.82) is 0 Å². The van der Waals surface area contributed by atoms with Crippen LogP contribution in [0.15, 0.2) is 29.2 Å². The van der Waals surface area contributed by atoms with Crippen molar-refractivity contribution in [3.63, 3.8) is 0 Å². The summed E-state index contributed by atoms with van der Waals surface area (Å²) in [6.07, 6.45) is -1.57. The number of nitrogens with one attached hydrogen (secondary N) is 1. The van der Waals surface area contributed by atoms with E-state index in [1.54, 1.807) is 0 Å². The lowest BCUT2D eigenvalue weighted by Gasteiger charge is -2.29. The van der Waals surface area contributed by atoms with E-state index in [-0.39, 0.29) is 29.4 Å². The van der Waals surface area contributed by atoms with Crippen molar-refractivity contribution in [2.24, 2.45) is 5.73 Å². The molecule has 1 aliphatic carbocycles. The molecule has 0 unspecified atom stereocenters. The van der Waals surface area contributed by atoms with Gasteiger partial charge in [0, 0.05) is 12.1 Å². The minimum Gasteiger partial charge on any atom is -0.406 e. The fraction of sp³-hybridized carbons (Fsp3) is 0.538. The van der Waals surface area contributed by atoms with Crippen LogP contribution < -0.4 is 15.2 Å². The van der Waals surface area contributed by atoms with Crippen molar-refractivity contribution in [1.82, 2.24) is 4.72 Å². The van der Waals surface area contributed by atoms with Gasteiger partial charge >= 0.3 is 6.36 Å². The van der Waals surface area contributed by atoms with Gasteiger partial charge in [0.15, 0.2) is 0 Å². The number of alkyl halides is 3. The molecule has 0 aliphatic heterocycles. The first-order chi connectivity index (χ1) is 10.2. The summed E-state index contributed by atoms with van der Waals surface area (Å²) < 4.78 is 66.8. The molecule has 0 heterocycles. The molecular weight excluding hydrogens is 357 g/mol. The molecule has 0 spiro atoms. The third kappa shape index (κ3) is 5.83. The second kappa shape index (κ2) is 7.69. The monoisotopic (exact) mass is 374 g/mol. The Hall–Kier alpha value is -1.03. The lowest BCUT2D eigenvalue weighted by atomic mass is 9.92. The van der Waals surface area contributed by atoms with Gasteiger partial charge in [-0.25, -0.2) is 13.1 Å². The Kier molecular flexibility index (Phi) is 6.70. The minimum atomic E-state index is -4.81. The zero-order valence-corrected chi connectivity index (χ0v) is 13.7. The Balaban J connectivity index is 0.00000264. The van der Waals surface area contributed by atoms with Crippen LogP contribution in [0.3, 0.4) is 0 Å². The average molecular weight is 375 g/mol. The summed E-state index contributed by atoms with van der Waals surface area (Å²) in [6, 6.07) is 3.45. The fourth-order valence-corrected chi connectivity index (χ4v) is 3.72. The van der Waals surface area contributed by atoms with E-state index in [0.717, 1.165) is 43.5 Å². The largest absolute Gasteiger partial charge is 0.573 e. The van der Waals surface area contributed by atoms with Crippen LogP contribution in [-0.4, -0.2) is 26.9 Å². The van der Waals surface area contributed by atoms with E-state index in [9.17, 15) is 21.6 Å². The average Bonchev–Trinajstić information content (AvgIpc) is 2.40. The minimum absolute atomic E-state index is 0. The van der Waals surface area contributed by atoms with Crippen molar-refractivity contribution in [3.05, 3.63) is 24.3 Å². The van der Waals surface area contributed by atoms with Crippen LogP contribution in [0.25, 0.3) is 0 Å². The van der Waals surface area contributed by atoms with Crippen LogP contribution in [0, 0.1) is 0 Å². The van der Waals surface area contributed by atoms with E-state index < -0.39 is 22.1 Å². The van der Waals surface area contributed by atoms with Gasteiger partial charge in [-0.05, 0) is 37.1 Å². The van der Waals surface area contributed by atoms with Gasteiger partial charge in [0.2, 0.25) is 10.0 Å². The molecule has 1 fully saturated rings. The van der Waals surface area contributed by atoms with Gasteiger partial charge in [0.1, 0.15) is 5.75 Å². The molecule has 3 N–H and O–H groups in total. The summed E-state index contributed by atoms with van der Waals surface area (Å²) in [7, 11) is -3.82. The van der Waals surface area contributed by atoms with Gasteiger partial charge in [0.25, 0.3) is 0 Å². The Bertz CT molecular complexity index is 608. The number of ether oxygens (including phenoxy) is 1. The first-order valence-corrected chi connectivity index (χ1v) is 8.29. The van der Waals surface area contributed by atoms with Crippen molar-refractivity contribution in [2.45, 2.75) is 49.0 Å². The predicted octanol–water partition coefficient (Wildman–Crippen LogP) is 2.56. The van der Waals surface area contributed by atoms with Crippen LogP contribution in [0.4, 0.5) is 13.2 Å². The molecule has 1 aromatic carbocycles. The number of nitrogens with two attached hydrogens (primary N) is 1. The van der Waals surface area contributed by atoms with Gasteiger partial charge in [-0.3, -0.25) is 0 Å². The molecule has 10 heteroatoms. The van der Waals surface area contributed by atoms with Gasteiger partial charge in [-0.15, -0.1) is 25.6 Å². The van der Waals surface area contributed by atoms with E-state index in [1.807, 2.05) is 0 Å². The number of benzene rings is 1. The Morgan fingerprint density at radius 2 is 1.70 bits per heavy atom. The second-order valence-corrected chi connectivity index (χ2v) is 6.91. The zero-order chi connectivity index (χ0) is 16.4. The zero-order valence-electron chi connectivity index (χ0n) is 12.0. The first kappa shape index (κ1) is 20.0. The Morgan fingerprint density at radius 1 is 1.13 bits per heavy atom. The molecule has 132 valence electrons. The maximum absolute atomic E-state index is 12.2. The van der Waals surface area contributed by atoms with Crippen molar-refractivity contribution in [3.8, 4) is 5.75 Å². The fourth-order valence-electron chi connectivity index (χ4n) is 2.39. The molecule has 0 saturated heterocycles. The van der Waals surface area contributed by atoms with E-state index in [1.165, 1.54) is 0 Å². The Morgan fingerprint density at radius 3 is 2.22 bits per heavy atom. The van der Waals surface area contributed by atoms with Gasteiger partial charge in [0.05, 0.1) is 4.90 Å². The molecule has 5 nitrogen and oxygen atoms in total. The summed E-state index contributed by atoms with van der Waals surface area (Å²) in [4.78, 5) is -0.125. The normalized spacial score (nSPS) is 22.3. The molecule has 1 aromatic rings. The lowest BCUT2D eigenvalue weighted by Crippen LogP contribution is -2.49. The Labute approximate surface area is 138 Å². The molecule has 0 amide bonds. The maximum atomic E-state index is 12.2. The molecule has 2 rings (SSSR count). The summed E-state index contributed by atoms with van der Waals surface area (Å²) in [6.45, 7) is 0. The van der Waals surface area contributed by atoms with Crippen molar-refractivity contribution < 1.29 is 26.3 Å². The highest BCUT2D eigenvalue weighted by Gasteiger charge is 2.31. The van der Waals surface area contributed by atoms with Gasteiger partial charge < -0.3 is 10.5 Å². The molecule has 0 bridgehead atoms. The highest BCUT2D eigenvalue weighted by Crippen LogP contribution is 2.24. The lowest BCUT2D eigenvalue weighted by molar-refractivity contribution is -0.274. The number of hydrogen-bond donors (Lipinski definition) is 2. The van der Waals surface area contributed by atoms with E-state index in [4.69, 9.17) is 5.73 Å². The molecule has 1 saturated carbocycles. The van der Waals surface area contributed by atoms with Crippen molar-refractivity contribution in [2.75, 3.05) is 0 Å².